The molecular formula is C27H24N2O6S. The summed E-state index contributed by atoms with van der Waals surface area (Å²) < 4.78 is 10.3. The number of anilines is 1. The van der Waals surface area contributed by atoms with Gasteiger partial charge in [0.25, 0.3) is 5.91 Å². The van der Waals surface area contributed by atoms with Crippen LogP contribution in [0, 0.1) is 6.92 Å². The molecule has 8 nitrogen and oxygen atoms in total. The van der Waals surface area contributed by atoms with Crippen LogP contribution in [-0.4, -0.2) is 41.5 Å². The van der Waals surface area contributed by atoms with Crippen LogP contribution < -0.4 is 9.64 Å². The maximum Gasteiger partial charge on any atom is 0.350 e. The lowest BCUT2D eigenvalue weighted by Crippen LogP contribution is -2.30. The zero-order valence-corrected chi connectivity index (χ0v) is 20.7. The molecule has 0 spiro atoms. The summed E-state index contributed by atoms with van der Waals surface area (Å²) in [6, 6.07) is 15.2. The Morgan fingerprint density at radius 1 is 1.14 bits per heavy atom. The number of aromatic nitrogens is 1. The molecule has 1 atom stereocenters. The quantitative estimate of drug-likeness (QED) is 0.346. The Morgan fingerprint density at radius 2 is 1.83 bits per heavy atom. The van der Waals surface area contributed by atoms with Crippen LogP contribution in [0.5, 0.6) is 5.75 Å². The zero-order chi connectivity index (χ0) is 25.8. The summed E-state index contributed by atoms with van der Waals surface area (Å²) in [5, 5.41) is 11.0. The van der Waals surface area contributed by atoms with Crippen LogP contribution in [0.2, 0.25) is 0 Å². The molecule has 184 valence electrons. The number of rotatable bonds is 8. The fraction of sp³-hybridized carbons (Fsp3) is 0.185. The van der Waals surface area contributed by atoms with Gasteiger partial charge in [0.1, 0.15) is 10.6 Å². The number of allylic oxidation sites excluding steroid dienone is 1. The average Bonchev–Trinajstić information content (AvgIpc) is 3.40. The first-order chi connectivity index (χ1) is 17.3. The van der Waals surface area contributed by atoms with Crippen molar-refractivity contribution in [1.82, 2.24) is 4.98 Å². The lowest BCUT2D eigenvalue weighted by atomic mass is 9.95. The number of carbonyl (C=O) groups excluding carboxylic acids is 3. The van der Waals surface area contributed by atoms with Gasteiger partial charge in [-0.2, -0.15) is 0 Å². The first kappa shape index (κ1) is 24.9. The van der Waals surface area contributed by atoms with E-state index < -0.39 is 29.5 Å². The van der Waals surface area contributed by atoms with Crippen molar-refractivity contribution in [3.05, 3.63) is 93.7 Å². The predicted octanol–water partition coefficient (Wildman–Crippen LogP) is 4.82. The minimum absolute atomic E-state index is 0.0798. The van der Waals surface area contributed by atoms with Crippen LogP contribution in [0.4, 0.5) is 5.13 Å². The summed E-state index contributed by atoms with van der Waals surface area (Å²) in [6.45, 7) is 3.98. The number of nitrogens with zero attached hydrogens (tertiary/aromatic N) is 2. The Labute approximate surface area is 212 Å². The smallest absolute Gasteiger partial charge is 0.350 e. The number of amides is 1. The molecule has 36 heavy (non-hydrogen) atoms. The Kier molecular flexibility index (Phi) is 7.30. The Bertz CT molecular complexity index is 1360. The number of ether oxygens (including phenoxy) is 2. The van der Waals surface area contributed by atoms with Gasteiger partial charge < -0.3 is 14.6 Å². The zero-order valence-electron chi connectivity index (χ0n) is 19.9. The Morgan fingerprint density at radius 3 is 2.47 bits per heavy atom. The largest absolute Gasteiger partial charge is 0.503 e. The topological polar surface area (TPSA) is 106 Å². The predicted molar refractivity (Wildman–Crippen MR) is 136 cm³/mol. The van der Waals surface area contributed by atoms with Gasteiger partial charge in [0.05, 0.1) is 31.0 Å². The number of esters is 1. The maximum atomic E-state index is 13.3. The molecular weight excluding hydrogens is 480 g/mol. The molecule has 1 aliphatic heterocycles. The molecule has 1 aliphatic rings. The monoisotopic (exact) mass is 504 g/mol. The molecule has 0 saturated heterocycles. The molecule has 0 bridgehead atoms. The highest BCUT2D eigenvalue weighted by atomic mass is 32.1. The van der Waals surface area contributed by atoms with E-state index in [1.54, 1.807) is 37.3 Å². The molecule has 1 amide bonds. The highest BCUT2D eigenvalue weighted by Gasteiger charge is 2.45. The highest BCUT2D eigenvalue weighted by molar-refractivity contribution is 7.17. The molecule has 0 aliphatic carbocycles. The molecule has 1 aromatic heterocycles. The van der Waals surface area contributed by atoms with E-state index in [0.29, 0.717) is 23.6 Å². The van der Waals surface area contributed by atoms with E-state index in [1.165, 1.54) is 18.1 Å². The average molecular weight is 505 g/mol. The van der Waals surface area contributed by atoms with Crippen molar-refractivity contribution in [2.24, 2.45) is 0 Å². The normalized spacial score (nSPS) is 15.6. The molecule has 2 aromatic carbocycles. The molecule has 2 heterocycles. The molecule has 3 aromatic rings. The van der Waals surface area contributed by atoms with Crippen LogP contribution in [0.25, 0.3) is 6.08 Å². The van der Waals surface area contributed by atoms with E-state index in [2.05, 4.69) is 4.98 Å². The van der Waals surface area contributed by atoms with Gasteiger partial charge in [-0.1, -0.05) is 59.9 Å². The van der Waals surface area contributed by atoms with Crippen molar-refractivity contribution < 1.29 is 29.0 Å². The number of ketones is 1. The second-order valence-corrected chi connectivity index (χ2v) is 8.83. The van der Waals surface area contributed by atoms with Gasteiger partial charge in [0.15, 0.2) is 16.7 Å². The van der Waals surface area contributed by atoms with E-state index in [-0.39, 0.29) is 15.6 Å². The Balaban J connectivity index is 1.79. The van der Waals surface area contributed by atoms with Crippen molar-refractivity contribution in [1.29, 1.82) is 0 Å². The lowest BCUT2D eigenvalue weighted by molar-refractivity contribution is -0.117. The summed E-state index contributed by atoms with van der Waals surface area (Å²) in [5.41, 5.74) is 1.66. The highest BCUT2D eigenvalue weighted by Crippen LogP contribution is 2.43. The number of methoxy groups -OCH3 is 1. The number of hydrogen-bond acceptors (Lipinski definition) is 8. The third-order valence-electron chi connectivity index (χ3n) is 5.57. The SMILES string of the molecule is CCOc1ccc(C2C(C(=O)C=Cc3ccccc3)=C(O)C(=O)N2c2nc(C)c(C(=O)OC)s2)cc1. The first-order valence-electron chi connectivity index (χ1n) is 11.2. The molecule has 0 radical (unpaired) electrons. The van der Waals surface area contributed by atoms with Gasteiger partial charge in [0.2, 0.25) is 0 Å². The summed E-state index contributed by atoms with van der Waals surface area (Å²) in [4.78, 5) is 44.6. The number of aliphatic hydroxyl groups excluding tert-OH is 1. The second kappa shape index (κ2) is 10.6. The standard InChI is InChI=1S/C27H24N2O6S/c1-4-35-19-13-11-18(12-14-19)22-21(20(30)15-10-17-8-6-5-7-9-17)23(31)25(32)29(22)27-28-16(2)24(36-27)26(33)34-3/h5-15,22,31H,4H2,1-3H3. The van der Waals surface area contributed by atoms with Gasteiger partial charge in [-0.05, 0) is 43.2 Å². The van der Waals surface area contributed by atoms with Crippen molar-refractivity contribution in [3.8, 4) is 5.75 Å². The van der Waals surface area contributed by atoms with Gasteiger partial charge in [-0.15, -0.1) is 0 Å². The minimum Gasteiger partial charge on any atom is -0.503 e. The van der Waals surface area contributed by atoms with Crippen molar-refractivity contribution >= 4 is 40.2 Å². The third kappa shape index (κ3) is 4.78. The summed E-state index contributed by atoms with van der Waals surface area (Å²) in [7, 11) is 1.26. The number of aliphatic hydroxyl groups is 1. The van der Waals surface area contributed by atoms with E-state index in [1.807, 2.05) is 37.3 Å². The molecule has 0 saturated carbocycles. The minimum atomic E-state index is -0.961. The molecule has 1 unspecified atom stereocenters. The summed E-state index contributed by atoms with van der Waals surface area (Å²) in [6.07, 6.45) is 2.94. The number of aryl methyl sites for hydroxylation is 1. The Hall–Kier alpha value is -4.24. The molecule has 0 fully saturated rings. The van der Waals surface area contributed by atoms with Gasteiger partial charge in [0, 0.05) is 0 Å². The number of hydrogen-bond donors (Lipinski definition) is 1. The van der Waals surface area contributed by atoms with Gasteiger partial charge in [-0.3, -0.25) is 14.5 Å². The van der Waals surface area contributed by atoms with E-state index in [4.69, 9.17) is 9.47 Å². The van der Waals surface area contributed by atoms with Crippen LogP contribution in [-0.2, 0) is 14.3 Å². The fourth-order valence-electron chi connectivity index (χ4n) is 3.88. The van der Waals surface area contributed by atoms with Crippen LogP contribution in [0.15, 0.2) is 72.0 Å². The number of benzene rings is 2. The summed E-state index contributed by atoms with van der Waals surface area (Å²) >= 11 is 0.957. The third-order valence-corrected chi connectivity index (χ3v) is 6.71. The molecule has 1 N–H and O–H groups in total. The van der Waals surface area contributed by atoms with E-state index >= 15 is 0 Å². The van der Waals surface area contributed by atoms with Gasteiger partial charge >= 0.3 is 5.97 Å². The van der Waals surface area contributed by atoms with Crippen LogP contribution in [0.1, 0.15) is 39.5 Å². The van der Waals surface area contributed by atoms with Crippen molar-refractivity contribution in [2.75, 3.05) is 18.6 Å². The van der Waals surface area contributed by atoms with Crippen molar-refractivity contribution in [3.63, 3.8) is 0 Å². The first-order valence-corrected chi connectivity index (χ1v) is 12.0. The molecule has 9 heteroatoms. The van der Waals surface area contributed by atoms with E-state index in [0.717, 1.165) is 16.9 Å². The second-order valence-electron chi connectivity index (χ2n) is 7.85. The van der Waals surface area contributed by atoms with Gasteiger partial charge in [-0.25, -0.2) is 9.78 Å². The summed E-state index contributed by atoms with van der Waals surface area (Å²) in [5.74, 6) is -1.92. The fourth-order valence-corrected chi connectivity index (χ4v) is 4.89. The number of carbonyl (C=O) groups is 3. The molecule has 4 rings (SSSR count). The van der Waals surface area contributed by atoms with Crippen LogP contribution >= 0.6 is 11.3 Å². The maximum absolute atomic E-state index is 13.3. The van der Waals surface area contributed by atoms with Crippen LogP contribution in [0.3, 0.4) is 0 Å². The lowest BCUT2D eigenvalue weighted by Gasteiger charge is -2.24. The number of thiazole rings is 1. The van der Waals surface area contributed by atoms with E-state index in [9.17, 15) is 19.5 Å². The van der Waals surface area contributed by atoms with Crippen molar-refractivity contribution in [2.45, 2.75) is 19.9 Å².